The van der Waals surface area contributed by atoms with Gasteiger partial charge in [-0.2, -0.15) is 0 Å². The molecule has 0 fully saturated rings. The molecule has 0 aliphatic carbocycles. The Bertz CT molecular complexity index is 1290. The summed E-state index contributed by atoms with van der Waals surface area (Å²) in [5, 5.41) is 1.13. The number of rotatable bonds is 5. The lowest BCUT2D eigenvalue weighted by atomic mass is 10.1. The first kappa shape index (κ1) is 20.5. The monoisotopic (exact) mass is 431 g/mol. The first-order valence-corrected chi connectivity index (χ1v) is 10.3. The Morgan fingerprint density at radius 3 is 1.61 bits per heavy atom. The first-order chi connectivity index (χ1) is 15.0. The van der Waals surface area contributed by atoms with Crippen molar-refractivity contribution in [1.82, 2.24) is 0 Å². The van der Waals surface area contributed by atoms with Gasteiger partial charge in [-0.15, -0.1) is 0 Å². The van der Waals surface area contributed by atoms with Gasteiger partial charge in [0, 0.05) is 4.90 Å². The zero-order valence-electron chi connectivity index (χ0n) is 16.0. The highest BCUT2D eigenvalue weighted by Crippen LogP contribution is 2.34. The number of hydrogen-bond acceptors (Lipinski definition) is 6. The van der Waals surface area contributed by atoms with Crippen LogP contribution in [0.5, 0.6) is 11.5 Å². The van der Waals surface area contributed by atoms with Crippen molar-refractivity contribution in [3.63, 3.8) is 0 Å². The van der Waals surface area contributed by atoms with Crippen molar-refractivity contribution < 1.29 is 27.8 Å². The molecule has 4 aromatic carbocycles. The molecule has 0 saturated carbocycles. The summed E-state index contributed by atoms with van der Waals surface area (Å²) in [7, 11) is 0. The van der Waals surface area contributed by atoms with Crippen LogP contribution in [0.2, 0.25) is 0 Å². The highest BCUT2D eigenvalue weighted by Gasteiger charge is 2.17. The van der Waals surface area contributed by atoms with Gasteiger partial charge in [0.25, 0.3) is 0 Å². The molecular weight excluding hydrogens is 416 g/mol. The molecule has 0 amide bonds. The average molecular weight is 431 g/mol. The molecule has 0 N–H and O–H groups in total. The van der Waals surface area contributed by atoms with Gasteiger partial charge in [-0.25, -0.2) is 9.59 Å². The SMILES string of the molecule is O=C(Oc1cc2ccc(S(=O)[O-])cc2cc1OC(=O)c1ccccc1)c1ccccc1. The number of ether oxygens (including phenoxy) is 2. The van der Waals surface area contributed by atoms with Crippen molar-refractivity contribution in [2.75, 3.05) is 0 Å². The molecule has 4 aromatic rings. The van der Waals surface area contributed by atoms with Crippen LogP contribution in [0.25, 0.3) is 10.8 Å². The predicted octanol–water partition coefficient (Wildman–Crippen LogP) is 4.52. The zero-order chi connectivity index (χ0) is 21.8. The highest BCUT2D eigenvalue weighted by atomic mass is 32.2. The first-order valence-electron chi connectivity index (χ1n) is 9.23. The van der Waals surface area contributed by atoms with E-state index in [1.165, 1.54) is 24.3 Å². The van der Waals surface area contributed by atoms with Crippen molar-refractivity contribution in [3.8, 4) is 11.5 Å². The molecule has 0 bridgehead atoms. The second kappa shape index (κ2) is 8.91. The van der Waals surface area contributed by atoms with Crippen molar-refractivity contribution in [3.05, 3.63) is 102 Å². The molecule has 1 unspecified atom stereocenters. The Balaban J connectivity index is 1.75. The summed E-state index contributed by atoms with van der Waals surface area (Å²) in [5.41, 5.74) is 0.650. The van der Waals surface area contributed by atoms with Crippen LogP contribution in [0.3, 0.4) is 0 Å². The highest BCUT2D eigenvalue weighted by molar-refractivity contribution is 7.79. The lowest BCUT2D eigenvalue weighted by molar-refractivity contribution is 0.0683. The minimum atomic E-state index is -2.41. The Labute approximate surface area is 180 Å². The Morgan fingerprint density at radius 2 is 1.13 bits per heavy atom. The molecule has 0 aromatic heterocycles. The van der Waals surface area contributed by atoms with Crippen LogP contribution in [0, 0.1) is 0 Å². The minimum absolute atomic E-state index is 0.000495. The number of fused-ring (bicyclic) bond motifs is 1. The summed E-state index contributed by atoms with van der Waals surface area (Å²) in [6.45, 7) is 0. The fourth-order valence-corrected chi connectivity index (χ4v) is 3.37. The normalized spacial score (nSPS) is 11.6. The van der Waals surface area contributed by atoms with Gasteiger partial charge >= 0.3 is 11.9 Å². The largest absolute Gasteiger partial charge is 0.768 e. The molecule has 0 radical (unpaired) electrons. The average Bonchev–Trinajstić information content (AvgIpc) is 2.80. The third kappa shape index (κ3) is 4.69. The molecule has 31 heavy (non-hydrogen) atoms. The summed E-state index contributed by atoms with van der Waals surface area (Å²) in [4.78, 5) is 25.2. The number of carbonyl (C=O) groups excluding carboxylic acids is 2. The maximum atomic E-state index is 12.6. The molecule has 0 saturated heterocycles. The van der Waals surface area contributed by atoms with E-state index in [4.69, 9.17) is 9.47 Å². The molecule has 1 atom stereocenters. The van der Waals surface area contributed by atoms with Crippen LogP contribution in [0.4, 0.5) is 0 Å². The summed E-state index contributed by atoms with van der Waals surface area (Å²) in [5.74, 6) is -1.21. The molecule has 0 spiro atoms. The second-order valence-electron chi connectivity index (χ2n) is 6.55. The van der Waals surface area contributed by atoms with Crippen LogP contribution in [-0.2, 0) is 11.1 Å². The molecular formula is C24H15O6S-. The van der Waals surface area contributed by atoms with E-state index in [-0.39, 0.29) is 16.4 Å². The van der Waals surface area contributed by atoms with E-state index in [1.54, 1.807) is 66.7 Å². The van der Waals surface area contributed by atoms with E-state index in [0.29, 0.717) is 21.9 Å². The number of benzene rings is 4. The Kier molecular flexibility index (Phi) is 5.88. The Morgan fingerprint density at radius 1 is 0.645 bits per heavy atom. The third-order valence-electron chi connectivity index (χ3n) is 4.49. The minimum Gasteiger partial charge on any atom is -0.768 e. The summed E-state index contributed by atoms with van der Waals surface area (Å²) < 4.78 is 33.6. The van der Waals surface area contributed by atoms with Gasteiger partial charge in [-0.1, -0.05) is 42.5 Å². The second-order valence-corrected chi connectivity index (χ2v) is 7.49. The van der Waals surface area contributed by atoms with Crippen LogP contribution in [-0.4, -0.2) is 20.7 Å². The van der Waals surface area contributed by atoms with Crippen LogP contribution < -0.4 is 9.47 Å². The number of esters is 2. The fourth-order valence-electron chi connectivity index (χ4n) is 2.96. The van der Waals surface area contributed by atoms with E-state index in [2.05, 4.69) is 0 Å². The summed E-state index contributed by atoms with van der Waals surface area (Å²) in [6, 6.07) is 24.2. The Hall–Kier alpha value is -3.81. The molecule has 0 heterocycles. The van der Waals surface area contributed by atoms with Gasteiger partial charge in [0.1, 0.15) is 0 Å². The van der Waals surface area contributed by atoms with Gasteiger partial charge in [-0.05, 0) is 70.4 Å². The predicted molar refractivity (Wildman–Crippen MR) is 114 cm³/mol. The lowest BCUT2D eigenvalue weighted by Crippen LogP contribution is -2.12. The summed E-state index contributed by atoms with van der Waals surface area (Å²) in [6.07, 6.45) is 0. The van der Waals surface area contributed by atoms with Gasteiger partial charge in [0.05, 0.1) is 11.1 Å². The van der Waals surface area contributed by atoms with Crippen LogP contribution in [0.1, 0.15) is 20.7 Å². The zero-order valence-corrected chi connectivity index (χ0v) is 16.8. The molecule has 7 heteroatoms. The van der Waals surface area contributed by atoms with E-state index < -0.39 is 23.0 Å². The standard InChI is InChI=1S/C24H16O6S/c25-23(16-7-3-1-4-8-16)29-21-14-18-11-12-20(31(27)28)13-19(18)15-22(21)30-24(26)17-9-5-2-6-10-17/h1-15H,(H,27,28)/p-1. The number of carbonyl (C=O) groups is 2. The topological polar surface area (TPSA) is 92.7 Å². The van der Waals surface area contributed by atoms with E-state index >= 15 is 0 Å². The van der Waals surface area contributed by atoms with Gasteiger partial charge in [0.2, 0.25) is 0 Å². The van der Waals surface area contributed by atoms with Crippen molar-refractivity contribution in [1.29, 1.82) is 0 Å². The summed E-state index contributed by atoms with van der Waals surface area (Å²) >= 11 is -2.41. The van der Waals surface area contributed by atoms with E-state index in [1.807, 2.05) is 0 Å². The maximum absolute atomic E-state index is 12.6. The molecule has 4 rings (SSSR count). The van der Waals surface area contributed by atoms with Crippen molar-refractivity contribution >= 4 is 33.8 Å². The van der Waals surface area contributed by atoms with Crippen molar-refractivity contribution in [2.45, 2.75) is 4.90 Å². The third-order valence-corrected chi connectivity index (χ3v) is 5.13. The molecule has 6 nitrogen and oxygen atoms in total. The number of hydrogen-bond donors (Lipinski definition) is 0. The molecule has 154 valence electrons. The smallest absolute Gasteiger partial charge is 0.343 e. The van der Waals surface area contributed by atoms with Gasteiger partial charge in [-0.3, -0.25) is 4.21 Å². The van der Waals surface area contributed by atoms with E-state index in [9.17, 15) is 18.4 Å². The van der Waals surface area contributed by atoms with Crippen LogP contribution >= 0.6 is 0 Å². The molecule has 0 aliphatic rings. The maximum Gasteiger partial charge on any atom is 0.343 e. The quantitative estimate of drug-likeness (QED) is 0.262. The van der Waals surface area contributed by atoms with Gasteiger partial charge < -0.3 is 14.0 Å². The van der Waals surface area contributed by atoms with Gasteiger partial charge in [0.15, 0.2) is 11.5 Å². The lowest BCUT2D eigenvalue weighted by Gasteiger charge is -2.13. The van der Waals surface area contributed by atoms with Crippen LogP contribution in [0.15, 0.2) is 95.9 Å². The van der Waals surface area contributed by atoms with Crippen molar-refractivity contribution in [2.24, 2.45) is 0 Å². The fraction of sp³-hybridized carbons (Fsp3) is 0. The van der Waals surface area contributed by atoms with E-state index in [0.717, 1.165) is 0 Å². The molecule has 0 aliphatic heterocycles.